The highest BCUT2D eigenvalue weighted by Crippen LogP contribution is 2.30. The molecule has 0 radical (unpaired) electrons. The quantitative estimate of drug-likeness (QED) is 0.622. The van der Waals surface area contributed by atoms with E-state index < -0.39 is 0 Å². The molecule has 1 heterocycles. The summed E-state index contributed by atoms with van der Waals surface area (Å²) in [5.41, 5.74) is 0.727. The van der Waals surface area contributed by atoms with E-state index in [0.717, 1.165) is 12.8 Å². The van der Waals surface area contributed by atoms with E-state index in [0.29, 0.717) is 23.3 Å². The van der Waals surface area contributed by atoms with Crippen molar-refractivity contribution in [2.24, 2.45) is 0 Å². The van der Waals surface area contributed by atoms with Gasteiger partial charge in [-0.25, -0.2) is 4.98 Å². The second kappa shape index (κ2) is 6.84. The number of nitro groups is 1. The normalized spacial score (nSPS) is 14.0. The fraction of sp³-hybridized carbons (Fsp3) is 0.333. The van der Waals surface area contributed by atoms with Gasteiger partial charge in [-0.15, -0.1) is 11.3 Å². The van der Waals surface area contributed by atoms with Crippen LogP contribution in [-0.4, -0.2) is 33.3 Å². The van der Waals surface area contributed by atoms with Gasteiger partial charge in [-0.05, 0) is 12.8 Å². The molecule has 1 aromatic carbocycles. The lowest BCUT2D eigenvalue weighted by molar-refractivity contribution is -0.385. The van der Waals surface area contributed by atoms with Gasteiger partial charge in [-0.3, -0.25) is 19.8 Å². The number of nitrogens with one attached hydrogen (secondary N) is 1. The van der Waals surface area contributed by atoms with Crippen LogP contribution in [-0.2, 0) is 11.3 Å². The number of amides is 1. The highest BCUT2D eigenvalue weighted by molar-refractivity contribution is 7.13. The molecule has 23 heavy (non-hydrogen) atoms. The summed E-state index contributed by atoms with van der Waals surface area (Å²) in [5, 5.41) is 16.2. The van der Waals surface area contributed by atoms with Crippen molar-refractivity contribution in [3.8, 4) is 0 Å². The van der Waals surface area contributed by atoms with E-state index in [9.17, 15) is 14.9 Å². The zero-order chi connectivity index (χ0) is 16.2. The van der Waals surface area contributed by atoms with E-state index in [1.54, 1.807) is 29.8 Å². The lowest BCUT2D eigenvalue weighted by Gasteiger charge is -2.21. The number of nitro benzene ring substituents is 1. The number of thiazole rings is 1. The molecular weight excluding hydrogens is 316 g/mol. The Morgan fingerprint density at radius 1 is 1.43 bits per heavy atom. The zero-order valence-electron chi connectivity index (χ0n) is 12.3. The predicted molar refractivity (Wildman–Crippen MR) is 87.3 cm³/mol. The molecule has 0 bridgehead atoms. The Balaban J connectivity index is 1.68. The molecule has 120 valence electrons. The number of rotatable bonds is 7. The summed E-state index contributed by atoms with van der Waals surface area (Å²) in [6.45, 7) is 0.601. The first-order chi connectivity index (χ1) is 11.1. The molecule has 3 rings (SSSR count). The highest BCUT2D eigenvalue weighted by atomic mass is 32.1. The Morgan fingerprint density at radius 3 is 2.87 bits per heavy atom. The Hall–Kier alpha value is -2.32. The molecule has 0 atom stereocenters. The van der Waals surface area contributed by atoms with Gasteiger partial charge in [0.2, 0.25) is 5.91 Å². The van der Waals surface area contributed by atoms with Gasteiger partial charge in [0.15, 0.2) is 5.13 Å². The average molecular weight is 332 g/mol. The minimum Gasteiger partial charge on any atom is -0.301 e. The third-order valence-corrected chi connectivity index (χ3v) is 4.34. The van der Waals surface area contributed by atoms with Gasteiger partial charge in [0.1, 0.15) is 0 Å². The fourth-order valence-corrected chi connectivity index (χ4v) is 2.97. The first-order valence-electron chi connectivity index (χ1n) is 7.29. The number of hydrogen-bond donors (Lipinski definition) is 1. The lowest BCUT2D eigenvalue weighted by Crippen LogP contribution is -2.34. The summed E-state index contributed by atoms with van der Waals surface area (Å²) in [6, 6.07) is 6.99. The monoisotopic (exact) mass is 332 g/mol. The summed E-state index contributed by atoms with van der Waals surface area (Å²) >= 11 is 1.36. The van der Waals surface area contributed by atoms with E-state index in [1.165, 1.54) is 17.4 Å². The minimum absolute atomic E-state index is 0.0958. The van der Waals surface area contributed by atoms with Crippen molar-refractivity contribution >= 4 is 28.1 Å². The molecule has 1 aliphatic rings. The van der Waals surface area contributed by atoms with Gasteiger partial charge in [-0.2, -0.15) is 0 Å². The van der Waals surface area contributed by atoms with Gasteiger partial charge in [0.25, 0.3) is 5.69 Å². The van der Waals surface area contributed by atoms with Crippen molar-refractivity contribution in [3.63, 3.8) is 0 Å². The molecule has 0 aliphatic heterocycles. The maximum atomic E-state index is 12.1. The first-order valence-corrected chi connectivity index (χ1v) is 8.17. The number of carbonyl (C=O) groups is 1. The number of carbonyl (C=O) groups excluding carboxylic acids is 1. The molecule has 1 N–H and O–H groups in total. The third kappa shape index (κ3) is 4.11. The van der Waals surface area contributed by atoms with E-state index in [4.69, 9.17) is 0 Å². The number of benzene rings is 1. The summed E-state index contributed by atoms with van der Waals surface area (Å²) in [4.78, 5) is 28.9. The van der Waals surface area contributed by atoms with Gasteiger partial charge in [0.05, 0.1) is 11.5 Å². The van der Waals surface area contributed by atoms with Gasteiger partial charge in [-0.1, -0.05) is 18.2 Å². The van der Waals surface area contributed by atoms with E-state index in [1.807, 2.05) is 4.90 Å². The molecule has 1 amide bonds. The summed E-state index contributed by atoms with van der Waals surface area (Å²) < 4.78 is 0. The van der Waals surface area contributed by atoms with Crippen molar-refractivity contribution in [2.75, 3.05) is 11.9 Å². The predicted octanol–water partition coefficient (Wildman–Crippen LogP) is 2.65. The summed E-state index contributed by atoms with van der Waals surface area (Å²) in [6.07, 6.45) is 3.67. The van der Waals surface area contributed by atoms with Crippen LogP contribution >= 0.6 is 11.3 Å². The van der Waals surface area contributed by atoms with E-state index in [-0.39, 0.29) is 23.1 Å². The van der Waals surface area contributed by atoms with Crippen LogP contribution in [0.5, 0.6) is 0 Å². The minimum atomic E-state index is -0.379. The SMILES string of the molecule is O=C(CN(Cc1ccccc1[N+](=O)[O-])C1CC1)Nc1nccs1. The summed E-state index contributed by atoms with van der Waals surface area (Å²) in [7, 11) is 0. The van der Waals surface area contributed by atoms with Crippen LogP contribution in [0.2, 0.25) is 0 Å². The number of para-hydroxylation sites is 1. The standard InChI is InChI=1S/C15H16N4O3S/c20-14(17-15-16-7-8-23-15)10-18(12-5-6-12)9-11-3-1-2-4-13(11)19(21)22/h1-4,7-8,12H,5-6,9-10H2,(H,16,17,20). The van der Waals surface area contributed by atoms with Gasteiger partial charge >= 0.3 is 0 Å². The van der Waals surface area contributed by atoms with Gasteiger partial charge < -0.3 is 5.32 Å². The maximum absolute atomic E-state index is 12.1. The van der Waals surface area contributed by atoms with Crippen molar-refractivity contribution in [1.29, 1.82) is 0 Å². The molecule has 1 saturated carbocycles. The average Bonchev–Trinajstić information content (AvgIpc) is 3.25. The van der Waals surface area contributed by atoms with Crippen LogP contribution in [0.1, 0.15) is 18.4 Å². The smallest absolute Gasteiger partial charge is 0.273 e. The molecule has 1 fully saturated rings. The largest absolute Gasteiger partial charge is 0.301 e. The van der Waals surface area contributed by atoms with E-state index in [2.05, 4.69) is 10.3 Å². The topological polar surface area (TPSA) is 88.4 Å². The van der Waals surface area contributed by atoms with Crippen molar-refractivity contribution in [1.82, 2.24) is 9.88 Å². The summed E-state index contributed by atoms with van der Waals surface area (Å²) in [5.74, 6) is -0.148. The Kier molecular flexibility index (Phi) is 4.63. The Morgan fingerprint density at radius 2 is 2.22 bits per heavy atom. The van der Waals surface area contributed by atoms with Crippen LogP contribution in [0.3, 0.4) is 0 Å². The molecule has 0 unspecified atom stereocenters. The van der Waals surface area contributed by atoms with Crippen molar-refractivity contribution in [3.05, 3.63) is 51.5 Å². The number of aromatic nitrogens is 1. The highest BCUT2D eigenvalue weighted by Gasteiger charge is 2.31. The Bertz CT molecular complexity index is 701. The van der Waals surface area contributed by atoms with Crippen molar-refractivity contribution < 1.29 is 9.72 Å². The third-order valence-electron chi connectivity index (χ3n) is 3.65. The first kappa shape index (κ1) is 15.6. The molecule has 1 aromatic heterocycles. The molecule has 1 aliphatic carbocycles. The second-order valence-electron chi connectivity index (χ2n) is 5.41. The zero-order valence-corrected chi connectivity index (χ0v) is 13.2. The molecule has 8 heteroatoms. The van der Waals surface area contributed by atoms with Crippen molar-refractivity contribution in [2.45, 2.75) is 25.4 Å². The number of anilines is 1. The van der Waals surface area contributed by atoms with E-state index >= 15 is 0 Å². The fourth-order valence-electron chi connectivity index (χ4n) is 2.42. The Labute approximate surface area is 137 Å². The number of nitrogens with zero attached hydrogens (tertiary/aromatic N) is 3. The molecule has 2 aromatic rings. The second-order valence-corrected chi connectivity index (χ2v) is 6.30. The molecular formula is C15H16N4O3S. The van der Waals surface area contributed by atoms with Crippen LogP contribution in [0.25, 0.3) is 0 Å². The lowest BCUT2D eigenvalue weighted by atomic mass is 10.1. The van der Waals surface area contributed by atoms with Crippen LogP contribution in [0.4, 0.5) is 10.8 Å². The van der Waals surface area contributed by atoms with Crippen LogP contribution < -0.4 is 5.32 Å². The number of hydrogen-bond acceptors (Lipinski definition) is 6. The molecule has 7 nitrogen and oxygen atoms in total. The van der Waals surface area contributed by atoms with Crippen LogP contribution in [0.15, 0.2) is 35.8 Å². The van der Waals surface area contributed by atoms with Crippen LogP contribution in [0, 0.1) is 10.1 Å². The van der Waals surface area contributed by atoms with Gasteiger partial charge in [0, 0.05) is 35.8 Å². The maximum Gasteiger partial charge on any atom is 0.273 e. The molecule has 0 saturated heterocycles. The molecule has 0 spiro atoms.